The molecule has 386 valence electrons. The van der Waals surface area contributed by atoms with Gasteiger partial charge < -0.3 is 20.3 Å². The molecule has 0 radical (unpaired) electrons. The highest BCUT2D eigenvalue weighted by Crippen LogP contribution is 2.18. The van der Waals surface area contributed by atoms with Crippen molar-refractivity contribution in [3.8, 4) is 0 Å². The van der Waals surface area contributed by atoms with Crippen molar-refractivity contribution in [3.63, 3.8) is 0 Å². The molecule has 0 saturated heterocycles. The second-order valence-electron chi connectivity index (χ2n) is 19.1. The number of carbonyl (C=O) groups excluding carboxylic acids is 2. The third kappa shape index (κ3) is 49.3. The normalized spacial score (nSPS) is 13.8. The van der Waals surface area contributed by atoms with E-state index in [0.29, 0.717) is 19.3 Å². The van der Waals surface area contributed by atoms with Gasteiger partial charge in [-0.25, -0.2) is 0 Å². The highest BCUT2D eigenvalue weighted by atomic mass is 16.5. The number of aliphatic hydroxyl groups excluding tert-OH is 2. The Morgan fingerprint density at radius 1 is 0.433 bits per heavy atom. The highest BCUT2D eigenvalue weighted by molar-refractivity contribution is 5.77. The summed E-state index contributed by atoms with van der Waals surface area (Å²) in [5, 5.41) is 23.9. The molecule has 0 aromatic rings. The number of amides is 1. The van der Waals surface area contributed by atoms with Gasteiger partial charge in [-0.1, -0.05) is 266 Å². The van der Waals surface area contributed by atoms with Crippen LogP contribution in [0.15, 0.2) is 85.1 Å². The Labute approximate surface area is 414 Å². The average Bonchev–Trinajstić information content (AvgIpc) is 3.32. The molecule has 0 fully saturated rings. The number of carbonyl (C=O) groups is 2. The van der Waals surface area contributed by atoms with Crippen LogP contribution in [0, 0.1) is 0 Å². The second-order valence-corrected chi connectivity index (χ2v) is 19.1. The van der Waals surface area contributed by atoms with E-state index in [0.717, 1.165) is 83.5 Å². The van der Waals surface area contributed by atoms with Gasteiger partial charge in [0.25, 0.3) is 0 Å². The molecule has 0 spiro atoms. The molecule has 0 aliphatic heterocycles. The zero-order valence-corrected chi connectivity index (χ0v) is 44.0. The molecule has 0 saturated carbocycles. The van der Waals surface area contributed by atoms with E-state index in [4.69, 9.17) is 4.74 Å². The van der Waals surface area contributed by atoms with Crippen molar-refractivity contribution in [1.82, 2.24) is 5.32 Å². The van der Waals surface area contributed by atoms with Crippen LogP contribution in [0.25, 0.3) is 0 Å². The van der Waals surface area contributed by atoms with Gasteiger partial charge in [0.1, 0.15) is 6.10 Å². The number of ether oxygens (including phenoxy) is 1. The zero-order chi connectivity index (χ0) is 48.8. The molecule has 0 heterocycles. The first kappa shape index (κ1) is 64.0. The molecule has 0 aromatic heterocycles. The van der Waals surface area contributed by atoms with Gasteiger partial charge in [-0.15, -0.1) is 0 Å². The van der Waals surface area contributed by atoms with Crippen molar-refractivity contribution in [3.05, 3.63) is 85.1 Å². The SMILES string of the molecule is CCC/C=C/C=C/C=C/C=C/C=C/CCCCCC(CC(=O)NC(CO)C(O)CCCCCCCCCCCCCCCCCC)OC(=O)CCCCC/C=C/C=C/CCCCCCCCC. The van der Waals surface area contributed by atoms with Crippen LogP contribution in [0.2, 0.25) is 0 Å². The molecule has 1 amide bonds. The Hall–Kier alpha value is -2.96. The summed E-state index contributed by atoms with van der Waals surface area (Å²) < 4.78 is 5.92. The van der Waals surface area contributed by atoms with E-state index in [1.54, 1.807) is 0 Å². The molecular formula is C61H107NO5. The molecule has 0 aromatic carbocycles. The minimum atomic E-state index is -0.809. The fourth-order valence-corrected chi connectivity index (χ4v) is 8.28. The smallest absolute Gasteiger partial charge is 0.306 e. The van der Waals surface area contributed by atoms with E-state index in [-0.39, 0.29) is 24.9 Å². The summed E-state index contributed by atoms with van der Waals surface area (Å²) in [6.45, 7) is 6.39. The van der Waals surface area contributed by atoms with Crippen LogP contribution in [0.3, 0.4) is 0 Å². The first-order chi connectivity index (χ1) is 33.0. The Kier molecular flexibility index (Phi) is 51.6. The molecule has 3 N–H and O–H groups in total. The lowest BCUT2D eigenvalue weighted by Gasteiger charge is -2.24. The van der Waals surface area contributed by atoms with E-state index in [2.05, 4.69) is 74.7 Å². The quantitative estimate of drug-likeness (QED) is 0.0321. The summed E-state index contributed by atoms with van der Waals surface area (Å²) >= 11 is 0. The number of hydrogen-bond acceptors (Lipinski definition) is 5. The third-order valence-electron chi connectivity index (χ3n) is 12.6. The van der Waals surface area contributed by atoms with Crippen LogP contribution in [0.1, 0.15) is 265 Å². The fourth-order valence-electron chi connectivity index (χ4n) is 8.28. The van der Waals surface area contributed by atoms with Crippen LogP contribution in [-0.4, -0.2) is 46.9 Å². The molecule has 0 aliphatic carbocycles. The van der Waals surface area contributed by atoms with Crippen LogP contribution < -0.4 is 5.32 Å². The molecular weight excluding hydrogens is 827 g/mol. The standard InChI is InChI=1S/C61H107NO5/c1-4-7-10-13-16-19-22-25-28-31-34-37-40-43-46-49-52-57(67-61(66)54-51-48-45-42-39-36-33-30-27-24-21-18-15-12-9-6-3)55-60(65)62-58(56-63)59(64)53-50-47-44-41-38-35-32-29-26-23-20-17-14-11-8-5-2/h10,13,16,19,22,25,28,30-31,33-34,36-37,39,57-59,63-64H,4-9,11-12,14-15,17-18,20-21,23-24,26-27,29,32,35,38,40-56H2,1-3H3,(H,62,65)/b13-10+,19-16+,25-22+,31-28+,33-30+,37-34+,39-36+. The van der Waals surface area contributed by atoms with Crippen molar-refractivity contribution in [2.24, 2.45) is 0 Å². The van der Waals surface area contributed by atoms with Crippen LogP contribution >= 0.6 is 0 Å². The van der Waals surface area contributed by atoms with E-state index >= 15 is 0 Å². The fraction of sp³-hybridized carbons (Fsp3) is 0.738. The van der Waals surface area contributed by atoms with Gasteiger partial charge in [-0.2, -0.15) is 0 Å². The predicted octanol–water partition coefficient (Wildman–Crippen LogP) is 17.5. The lowest BCUT2D eigenvalue weighted by molar-refractivity contribution is -0.151. The molecule has 0 bridgehead atoms. The Morgan fingerprint density at radius 3 is 1.24 bits per heavy atom. The summed E-state index contributed by atoms with van der Waals surface area (Å²) in [7, 11) is 0. The van der Waals surface area contributed by atoms with E-state index < -0.39 is 18.2 Å². The lowest BCUT2D eigenvalue weighted by atomic mass is 10.0. The van der Waals surface area contributed by atoms with Gasteiger partial charge in [-0.3, -0.25) is 9.59 Å². The van der Waals surface area contributed by atoms with Crippen molar-refractivity contribution in [2.45, 2.75) is 283 Å². The Balaban J connectivity index is 4.69. The molecule has 0 aliphatic rings. The maximum Gasteiger partial charge on any atom is 0.306 e. The first-order valence-corrected chi connectivity index (χ1v) is 28.4. The molecule has 6 nitrogen and oxygen atoms in total. The Morgan fingerprint density at radius 2 is 0.791 bits per heavy atom. The van der Waals surface area contributed by atoms with Crippen molar-refractivity contribution in [2.75, 3.05) is 6.61 Å². The van der Waals surface area contributed by atoms with Crippen molar-refractivity contribution in [1.29, 1.82) is 0 Å². The van der Waals surface area contributed by atoms with Gasteiger partial charge in [0.2, 0.25) is 5.91 Å². The summed E-state index contributed by atoms with van der Waals surface area (Å²) in [6.07, 6.45) is 70.7. The zero-order valence-electron chi connectivity index (χ0n) is 44.0. The number of rotatable bonds is 50. The summed E-state index contributed by atoms with van der Waals surface area (Å²) in [6, 6.07) is -0.727. The summed E-state index contributed by atoms with van der Waals surface area (Å²) in [4.78, 5) is 26.2. The van der Waals surface area contributed by atoms with Crippen LogP contribution in [0.5, 0.6) is 0 Å². The first-order valence-electron chi connectivity index (χ1n) is 28.4. The van der Waals surface area contributed by atoms with Gasteiger partial charge in [0.15, 0.2) is 0 Å². The van der Waals surface area contributed by atoms with E-state index in [1.807, 2.05) is 36.5 Å². The number of allylic oxidation sites excluding steroid dienone is 14. The maximum absolute atomic E-state index is 13.3. The van der Waals surface area contributed by atoms with Gasteiger partial charge in [0.05, 0.1) is 25.2 Å². The van der Waals surface area contributed by atoms with Crippen LogP contribution in [0.4, 0.5) is 0 Å². The van der Waals surface area contributed by atoms with Gasteiger partial charge in [0, 0.05) is 6.42 Å². The molecule has 3 atom stereocenters. The van der Waals surface area contributed by atoms with E-state index in [9.17, 15) is 19.8 Å². The van der Waals surface area contributed by atoms with Crippen LogP contribution in [-0.2, 0) is 14.3 Å². The predicted molar refractivity (Wildman–Crippen MR) is 291 cm³/mol. The lowest BCUT2D eigenvalue weighted by Crippen LogP contribution is -2.46. The molecule has 6 heteroatoms. The van der Waals surface area contributed by atoms with Gasteiger partial charge >= 0.3 is 5.97 Å². The molecule has 0 rings (SSSR count). The monoisotopic (exact) mass is 934 g/mol. The average molecular weight is 935 g/mol. The highest BCUT2D eigenvalue weighted by Gasteiger charge is 2.24. The molecule has 3 unspecified atom stereocenters. The third-order valence-corrected chi connectivity index (χ3v) is 12.6. The number of hydrogen-bond donors (Lipinski definition) is 3. The topological polar surface area (TPSA) is 95.9 Å². The van der Waals surface area contributed by atoms with Crippen molar-refractivity contribution >= 4 is 11.9 Å². The number of unbranched alkanes of at least 4 members (excludes halogenated alkanes) is 29. The summed E-state index contributed by atoms with van der Waals surface area (Å²) in [5.74, 6) is -0.547. The minimum Gasteiger partial charge on any atom is -0.462 e. The Bertz CT molecular complexity index is 1280. The number of aliphatic hydroxyl groups is 2. The molecule has 67 heavy (non-hydrogen) atoms. The largest absolute Gasteiger partial charge is 0.462 e. The maximum atomic E-state index is 13.3. The summed E-state index contributed by atoms with van der Waals surface area (Å²) in [5.41, 5.74) is 0. The van der Waals surface area contributed by atoms with E-state index in [1.165, 1.54) is 135 Å². The minimum absolute atomic E-state index is 0.0354. The number of nitrogens with one attached hydrogen (secondary N) is 1. The van der Waals surface area contributed by atoms with Crippen molar-refractivity contribution < 1.29 is 24.5 Å². The van der Waals surface area contributed by atoms with Gasteiger partial charge in [-0.05, 0) is 70.6 Å². The second kappa shape index (κ2) is 54.0. The number of esters is 1.